The third kappa shape index (κ3) is 5.60. The SMILES string of the molecule is CC(Oc1ccccc1C(C)C)C(=O)NC1CCN(C(=O)c2ccc(F)cc2F)CC1. The van der Waals surface area contributed by atoms with Crippen LogP contribution in [-0.4, -0.2) is 41.9 Å². The molecule has 0 bridgehead atoms. The van der Waals surface area contributed by atoms with Crippen LogP contribution in [0.4, 0.5) is 8.78 Å². The Bertz CT molecular complexity index is 940. The molecule has 1 aliphatic rings. The van der Waals surface area contributed by atoms with Crippen LogP contribution in [0.15, 0.2) is 42.5 Å². The lowest BCUT2D eigenvalue weighted by atomic mass is 10.0. The highest BCUT2D eigenvalue weighted by Gasteiger charge is 2.27. The second-order valence-electron chi connectivity index (χ2n) is 8.15. The Hall–Kier alpha value is -2.96. The summed E-state index contributed by atoms with van der Waals surface area (Å²) in [5.41, 5.74) is 0.900. The highest BCUT2D eigenvalue weighted by atomic mass is 19.1. The molecule has 1 saturated heterocycles. The van der Waals surface area contributed by atoms with Gasteiger partial charge >= 0.3 is 0 Å². The number of likely N-dealkylation sites (tertiary alicyclic amines) is 1. The van der Waals surface area contributed by atoms with E-state index in [0.29, 0.717) is 37.7 Å². The average Bonchev–Trinajstić information content (AvgIpc) is 2.74. The van der Waals surface area contributed by atoms with Gasteiger partial charge in [-0.25, -0.2) is 8.78 Å². The summed E-state index contributed by atoms with van der Waals surface area (Å²) < 4.78 is 32.9. The predicted octanol–water partition coefficient (Wildman–Crippen LogP) is 4.28. The number of carbonyl (C=O) groups is 2. The van der Waals surface area contributed by atoms with Gasteiger partial charge in [0.25, 0.3) is 11.8 Å². The van der Waals surface area contributed by atoms with Crippen molar-refractivity contribution in [2.24, 2.45) is 0 Å². The van der Waals surface area contributed by atoms with Crippen molar-refractivity contribution in [3.05, 3.63) is 65.2 Å². The lowest BCUT2D eigenvalue weighted by Crippen LogP contribution is -2.49. The first-order valence-electron chi connectivity index (χ1n) is 10.6. The topological polar surface area (TPSA) is 58.6 Å². The number of nitrogens with one attached hydrogen (secondary N) is 1. The maximum absolute atomic E-state index is 13.9. The number of halogens is 2. The number of rotatable bonds is 6. The molecule has 5 nitrogen and oxygen atoms in total. The van der Waals surface area contributed by atoms with Gasteiger partial charge in [0, 0.05) is 25.2 Å². The van der Waals surface area contributed by atoms with Crippen molar-refractivity contribution in [1.82, 2.24) is 10.2 Å². The predicted molar refractivity (Wildman–Crippen MR) is 114 cm³/mol. The number of amides is 2. The van der Waals surface area contributed by atoms with E-state index in [-0.39, 0.29) is 23.4 Å². The van der Waals surface area contributed by atoms with E-state index in [0.717, 1.165) is 17.7 Å². The summed E-state index contributed by atoms with van der Waals surface area (Å²) in [6.07, 6.45) is 0.443. The van der Waals surface area contributed by atoms with E-state index in [1.807, 2.05) is 24.3 Å². The Morgan fingerprint density at radius 1 is 1.06 bits per heavy atom. The van der Waals surface area contributed by atoms with Gasteiger partial charge in [-0.15, -0.1) is 0 Å². The zero-order chi connectivity index (χ0) is 22.5. The van der Waals surface area contributed by atoms with Gasteiger partial charge in [0.1, 0.15) is 17.4 Å². The molecule has 1 N–H and O–H groups in total. The normalized spacial score (nSPS) is 15.6. The van der Waals surface area contributed by atoms with Gasteiger partial charge in [-0.3, -0.25) is 9.59 Å². The molecule has 2 amide bonds. The Labute approximate surface area is 181 Å². The fraction of sp³-hybridized carbons (Fsp3) is 0.417. The van der Waals surface area contributed by atoms with Crippen molar-refractivity contribution in [2.75, 3.05) is 13.1 Å². The highest BCUT2D eigenvalue weighted by molar-refractivity contribution is 5.94. The molecule has 7 heteroatoms. The maximum Gasteiger partial charge on any atom is 0.260 e. The molecular formula is C24H28F2N2O3. The molecule has 0 aliphatic carbocycles. The molecule has 0 aromatic heterocycles. The number of para-hydroxylation sites is 1. The third-order valence-electron chi connectivity index (χ3n) is 5.50. The first-order chi connectivity index (χ1) is 14.8. The molecule has 1 atom stereocenters. The van der Waals surface area contributed by atoms with Crippen molar-refractivity contribution < 1.29 is 23.1 Å². The molecule has 2 aromatic rings. The standard InChI is InChI=1S/C24H28F2N2O3/c1-15(2)19-6-4-5-7-22(19)31-16(3)23(29)27-18-10-12-28(13-11-18)24(30)20-9-8-17(25)14-21(20)26/h4-9,14-16,18H,10-13H2,1-3H3,(H,27,29). The zero-order valence-corrected chi connectivity index (χ0v) is 18.0. The number of carbonyl (C=O) groups excluding carboxylic acids is 2. The summed E-state index contributed by atoms with van der Waals surface area (Å²) in [5, 5.41) is 2.98. The van der Waals surface area contributed by atoms with Crippen molar-refractivity contribution in [1.29, 1.82) is 0 Å². The van der Waals surface area contributed by atoms with Crippen LogP contribution >= 0.6 is 0 Å². The zero-order valence-electron chi connectivity index (χ0n) is 18.0. The summed E-state index contributed by atoms with van der Waals surface area (Å²) >= 11 is 0. The summed E-state index contributed by atoms with van der Waals surface area (Å²) in [4.78, 5) is 26.6. The number of nitrogens with zero attached hydrogens (tertiary/aromatic N) is 1. The first kappa shape index (κ1) is 22.7. The molecule has 1 heterocycles. The first-order valence-corrected chi connectivity index (χ1v) is 10.6. The minimum Gasteiger partial charge on any atom is -0.481 e. The van der Waals surface area contributed by atoms with E-state index < -0.39 is 23.6 Å². The van der Waals surface area contributed by atoms with Gasteiger partial charge in [-0.05, 0) is 49.4 Å². The quantitative estimate of drug-likeness (QED) is 0.744. The lowest BCUT2D eigenvalue weighted by Gasteiger charge is -2.33. The van der Waals surface area contributed by atoms with Gasteiger partial charge in [0.15, 0.2) is 6.10 Å². The number of benzene rings is 2. The summed E-state index contributed by atoms with van der Waals surface area (Å²) in [5.74, 6) is -1.30. The minimum atomic E-state index is -0.868. The molecule has 1 fully saturated rings. The molecular weight excluding hydrogens is 402 g/mol. The summed E-state index contributed by atoms with van der Waals surface area (Å²) in [7, 11) is 0. The molecule has 31 heavy (non-hydrogen) atoms. The Morgan fingerprint density at radius 2 is 1.74 bits per heavy atom. The monoisotopic (exact) mass is 430 g/mol. The van der Waals surface area contributed by atoms with Crippen LogP contribution < -0.4 is 10.1 Å². The fourth-order valence-electron chi connectivity index (χ4n) is 3.69. The average molecular weight is 430 g/mol. The molecule has 1 aliphatic heterocycles. The highest BCUT2D eigenvalue weighted by Crippen LogP contribution is 2.27. The Kier molecular flexibility index (Phi) is 7.25. The molecule has 0 radical (unpaired) electrons. The fourth-order valence-corrected chi connectivity index (χ4v) is 3.69. The third-order valence-corrected chi connectivity index (χ3v) is 5.50. The van der Waals surface area contributed by atoms with Crippen LogP contribution in [0.3, 0.4) is 0 Å². The smallest absolute Gasteiger partial charge is 0.260 e. The second kappa shape index (κ2) is 9.90. The van der Waals surface area contributed by atoms with Gasteiger partial charge in [-0.1, -0.05) is 32.0 Å². The maximum atomic E-state index is 13.9. The van der Waals surface area contributed by atoms with E-state index in [1.54, 1.807) is 6.92 Å². The van der Waals surface area contributed by atoms with E-state index in [1.165, 1.54) is 4.90 Å². The van der Waals surface area contributed by atoms with Crippen LogP contribution in [-0.2, 0) is 4.79 Å². The van der Waals surface area contributed by atoms with Crippen LogP contribution in [0, 0.1) is 11.6 Å². The molecule has 0 saturated carbocycles. The van der Waals surface area contributed by atoms with Crippen LogP contribution in [0.25, 0.3) is 0 Å². The van der Waals surface area contributed by atoms with E-state index >= 15 is 0 Å². The molecule has 2 aromatic carbocycles. The second-order valence-corrected chi connectivity index (χ2v) is 8.15. The van der Waals surface area contributed by atoms with Crippen molar-refractivity contribution >= 4 is 11.8 Å². The number of piperidine rings is 1. The largest absolute Gasteiger partial charge is 0.481 e. The number of ether oxygens (including phenoxy) is 1. The van der Waals surface area contributed by atoms with Crippen LogP contribution in [0.1, 0.15) is 55.5 Å². The van der Waals surface area contributed by atoms with Gasteiger partial charge in [-0.2, -0.15) is 0 Å². The molecule has 0 spiro atoms. The van der Waals surface area contributed by atoms with E-state index in [2.05, 4.69) is 19.2 Å². The molecule has 1 unspecified atom stereocenters. The van der Waals surface area contributed by atoms with Crippen molar-refractivity contribution in [3.8, 4) is 5.75 Å². The summed E-state index contributed by atoms with van der Waals surface area (Å²) in [6.45, 7) is 6.61. The van der Waals surface area contributed by atoms with Crippen molar-refractivity contribution in [2.45, 2.75) is 51.7 Å². The van der Waals surface area contributed by atoms with E-state index in [9.17, 15) is 18.4 Å². The Morgan fingerprint density at radius 3 is 2.39 bits per heavy atom. The van der Waals surface area contributed by atoms with Gasteiger partial charge in [0.2, 0.25) is 0 Å². The van der Waals surface area contributed by atoms with Gasteiger partial charge < -0.3 is 15.0 Å². The van der Waals surface area contributed by atoms with Gasteiger partial charge in [0.05, 0.1) is 5.56 Å². The van der Waals surface area contributed by atoms with Crippen LogP contribution in [0.5, 0.6) is 5.75 Å². The van der Waals surface area contributed by atoms with Crippen LogP contribution in [0.2, 0.25) is 0 Å². The Balaban J connectivity index is 1.52. The van der Waals surface area contributed by atoms with E-state index in [4.69, 9.17) is 4.74 Å². The summed E-state index contributed by atoms with van der Waals surface area (Å²) in [6, 6.07) is 10.5. The minimum absolute atomic E-state index is 0.0963. The molecule has 166 valence electrons. The number of hydrogen-bond donors (Lipinski definition) is 1. The molecule has 3 rings (SSSR count). The lowest BCUT2D eigenvalue weighted by molar-refractivity contribution is -0.128. The van der Waals surface area contributed by atoms with Crippen molar-refractivity contribution in [3.63, 3.8) is 0 Å². The number of hydrogen-bond acceptors (Lipinski definition) is 3.